The zero-order valence-electron chi connectivity index (χ0n) is 17.4. The fourth-order valence-electron chi connectivity index (χ4n) is 2.69. The third-order valence-electron chi connectivity index (χ3n) is 4.15. The highest BCUT2D eigenvalue weighted by molar-refractivity contribution is 7.89. The van der Waals surface area contributed by atoms with Gasteiger partial charge in [0.25, 0.3) is 0 Å². The molecule has 3 aromatic rings. The Labute approximate surface area is 175 Å². The van der Waals surface area contributed by atoms with E-state index < -0.39 is 15.6 Å². The molecule has 0 amide bonds. The molecule has 0 fully saturated rings. The average molecular weight is 435 g/mol. The van der Waals surface area contributed by atoms with Crippen LogP contribution in [0.2, 0.25) is 0 Å². The minimum Gasteiger partial charge on any atom is -0.492 e. The molecule has 10 nitrogen and oxygen atoms in total. The van der Waals surface area contributed by atoms with Gasteiger partial charge in [0.05, 0.1) is 23.5 Å². The van der Waals surface area contributed by atoms with Gasteiger partial charge in [-0.1, -0.05) is 5.16 Å². The van der Waals surface area contributed by atoms with Gasteiger partial charge >= 0.3 is 0 Å². The molecule has 0 atom stereocenters. The molecule has 3 rings (SSSR count). The summed E-state index contributed by atoms with van der Waals surface area (Å²) >= 11 is 0. The lowest BCUT2D eigenvalue weighted by Gasteiger charge is -2.22. The topological polar surface area (TPSA) is 115 Å². The number of hydrogen-bond acceptors (Lipinski definition) is 8. The minimum absolute atomic E-state index is 0.118. The van der Waals surface area contributed by atoms with Gasteiger partial charge in [0.15, 0.2) is 5.82 Å². The molecular formula is C19H26N6O4S. The van der Waals surface area contributed by atoms with E-state index in [1.165, 1.54) is 12.1 Å². The molecule has 0 unspecified atom stereocenters. The van der Waals surface area contributed by atoms with E-state index in [1.807, 2.05) is 31.3 Å². The normalized spacial score (nSPS) is 12.4. The van der Waals surface area contributed by atoms with Gasteiger partial charge in [-0.25, -0.2) is 8.42 Å². The highest BCUT2D eigenvalue weighted by Gasteiger charge is 2.32. The number of hydrogen-bond donors (Lipinski definition) is 1. The van der Waals surface area contributed by atoms with Crippen LogP contribution in [0.1, 0.15) is 25.6 Å². The molecule has 0 spiro atoms. The fraction of sp³-hybridized carbons (Fsp3) is 0.421. The molecule has 1 aromatic carbocycles. The SMILES string of the molecule is CN(C)Cc1nc(C(C)(C)NS(=O)(=O)c2ccc(OCCn3cccn3)cc2)no1. The molecule has 0 bridgehead atoms. The summed E-state index contributed by atoms with van der Waals surface area (Å²) in [5.74, 6) is 1.26. The second-order valence-corrected chi connectivity index (χ2v) is 9.25. The molecule has 0 aliphatic rings. The summed E-state index contributed by atoms with van der Waals surface area (Å²) in [5.41, 5.74) is -1.05. The number of sulfonamides is 1. The number of ether oxygens (including phenoxy) is 1. The summed E-state index contributed by atoms with van der Waals surface area (Å²) in [5, 5.41) is 8.02. The molecule has 1 N–H and O–H groups in total. The van der Waals surface area contributed by atoms with E-state index in [9.17, 15) is 8.42 Å². The number of nitrogens with zero attached hydrogens (tertiary/aromatic N) is 5. The van der Waals surface area contributed by atoms with E-state index in [0.29, 0.717) is 31.3 Å². The smallest absolute Gasteiger partial charge is 0.241 e. The number of nitrogens with one attached hydrogen (secondary N) is 1. The molecule has 162 valence electrons. The van der Waals surface area contributed by atoms with Crippen molar-refractivity contribution in [1.82, 2.24) is 29.5 Å². The van der Waals surface area contributed by atoms with Crippen LogP contribution in [0, 0.1) is 0 Å². The predicted molar refractivity (Wildman–Crippen MR) is 109 cm³/mol. The minimum atomic E-state index is -3.80. The van der Waals surface area contributed by atoms with Crippen LogP contribution in [0.3, 0.4) is 0 Å². The van der Waals surface area contributed by atoms with Crippen molar-refractivity contribution in [3.8, 4) is 5.75 Å². The molecular weight excluding hydrogens is 408 g/mol. The zero-order valence-corrected chi connectivity index (χ0v) is 18.3. The Morgan fingerprint density at radius 3 is 2.60 bits per heavy atom. The second-order valence-electron chi connectivity index (χ2n) is 7.57. The number of aromatic nitrogens is 4. The average Bonchev–Trinajstić information content (AvgIpc) is 3.33. The van der Waals surface area contributed by atoms with Gasteiger partial charge in [-0.2, -0.15) is 14.8 Å². The Kier molecular flexibility index (Phi) is 6.54. The van der Waals surface area contributed by atoms with E-state index in [-0.39, 0.29) is 10.7 Å². The van der Waals surface area contributed by atoms with Gasteiger partial charge in [-0.05, 0) is 58.3 Å². The van der Waals surface area contributed by atoms with E-state index >= 15 is 0 Å². The molecule has 30 heavy (non-hydrogen) atoms. The van der Waals surface area contributed by atoms with Crippen molar-refractivity contribution in [2.24, 2.45) is 0 Å². The summed E-state index contributed by atoms with van der Waals surface area (Å²) in [7, 11) is -0.0494. The Balaban J connectivity index is 1.63. The van der Waals surface area contributed by atoms with Crippen LogP contribution in [0.4, 0.5) is 0 Å². The molecule has 2 heterocycles. The van der Waals surface area contributed by atoms with Crippen molar-refractivity contribution < 1.29 is 17.7 Å². The molecule has 2 aromatic heterocycles. The van der Waals surface area contributed by atoms with E-state index in [2.05, 4.69) is 20.0 Å². The Hall–Kier alpha value is -2.76. The summed E-state index contributed by atoms with van der Waals surface area (Å²) < 4.78 is 40.9. The highest BCUT2D eigenvalue weighted by atomic mass is 32.2. The van der Waals surface area contributed by atoms with Crippen molar-refractivity contribution in [1.29, 1.82) is 0 Å². The first-order valence-corrected chi connectivity index (χ1v) is 10.9. The van der Waals surface area contributed by atoms with Crippen LogP contribution < -0.4 is 9.46 Å². The Bertz CT molecular complexity index is 1040. The third kappa shape index (κ3) is 5.65. The van der Waals surface area contributed by atoms with Crippen molar-refractivity contribution >= 4 is 10.0 Å². The molecule has 0 aliphatic carbocycles. The van der Waals surface area contributed by atoms with Crippen LogP contribution >= 0.6 is 0 Å². The summed E-state index contributed by atoms with van der Waals surface area (Å²) in [4.78, 5) is 6.30. The van der Waals surface area contributed by atoms with Crippen LogP contribution in [-0.4, -0.2) is 53.9 Å². The second kappa shape index (κ2) is 8.94. The maximum Gasteiger partial charge on any atom is 0.241 e. The van der Waals surface area contributed by atoms with Crippen LogP contribution in [0.15, 0.2) is 52.1 Å². The third-order valence-corrected chi connectivity index (χ3v) is 5.82. The first-order chi connectivity index (χ1) is 14.2. The monoisotopic (exact) mass is 434 g/mol. The summed E-state index contributed by atoms with van der Waals surface area (Å²) in [6, 6.07) is 8.07. The summed E-state index contributed by atoms with van der Waals surface area (Å²) in [6.45, 7) is 4.86. The Morgan fingerprint density at radius 1 is 1.23 bits per heavy atom. The molecule has 0 aliphatic heterocycles. The first-order valence-electron chi connectivity index (χ1n) is 9.38. The lowest BCUT2D eigenvalue weighted by atomic mass is 10.1. The van der Waals surface area contributed by atoms with Gasteiger partial charge in [-0.15, -0.1) is 0 Å². The van der Waals surface area contributed by atoms with Crippen LogP contribution in [0.5, 0.6) is 5.75 Å². The van der Waals surface area contributed by atoms with E-state index in [1.54, 1.807) is 36.9 Å². The number of rotatable bonds is 10. The maximum absolute atomic E-state index is 12.8. The number of benzene rings is 1. The molecule has 0 saturated heterocycles. The van der Waals surface area contributed by atoms with Crippen molar-refractivity contribution in [2.75, 3.05) is 20.7 Å². The van der Waals surface area contributed by atoms with Gasteiger partial charge in [0.1, 0.15) is 12.4 Å². The lowest BCUT2D eigenvalue weighted by molar-refractivity contribution is 0.291. The van der Waals surface area contributed by atoms with Crippen molar-refractivity contribution in [3.63, 3.8) is 0 Å². The molecule has 11 heteroatoms. The fourth-order valence-corrected chi connectivity index (χ4v) is 4.06. The van der Waals surface area contributed by atoms with Crippen LogP contribution in [0.25, 0.3) is 0 Å². The van der Waals surface area contributed by atoms with Crippen molar-refractivity contribution in [2.45, 2.75) is 37.4 Å². The quantitative estimate of drug-likeness (QED) is 0.512. The zero-order chi connectivity index (χ0) is 21.8. The highest BCUT2D eigenvalue weighted by Crippen LogP contribution is 2.22. The molecule has 0 radical (unpaired) electrons. The van der Waals surface area contributed by atoms with E-state index in [4.69, 9.17) is 9.26 Å². The van der Waals surface area contributed by atoms with Crippen molar-refractivity contribution in [3.05, 3.63) is 54.4 Å². The van der Waals surface area contributed by atoms with Gasteiger partial charge < -0.3 is 14.2 Å². The van der Waals surface area contributed by atoms with Gasteiger partial charge in [0.2, 0.25) is 15.9 Å². The van der Waals surface area contributed by atoms with E-state index in [0.717, 1.165) is 0 Å². The predicted octanol–water partition coefficient (Wildman–Crippen LogP) is 1.62. The Morgan fingerprint density at radius 2 is 1.97 bits per heavy atom. The maximum atomic E-state index is 12.8. The standard InChI is InChI=1S/C19H26N6O4S/c1-19(2,18-21-17(29-22-18)14-24(3)4)23-30(26,27)16-8-6-15(7-9-16)28-13-12-25-11-5-10-20-25/h5-11,23H,12-14H2,1-4H3. The van der Waals surface area contributed by atoms with Gasteiger partial charge in [0, 0.05) is 12.4 Å². The largest absolute Gasteiger partial charge is 0.492 e. The first kappa shape index (κ1) is 21.9. The lowest BCUT2D eigenvalue weighted by Crippen LogP contribution is -2.41. The van der Waals surface area contributed by atoms with Crippen LogP contribution in [-0.2, 0) is 28.7 Å². The van der Waals surface area contributed by atoms with Gasteiger partial charge in [-0.3, -0.25) is 4.68 Å². The summed E-state index contributed by atoms with van der Waals surface area (Å²) in [6.07, 6.45) is 3.55. The molecule has 0 saturated carbocycles.